The second-order valence-electron chi connectivity index (χ2n) is 4.88. The van der Waals surface area contributed by atoms with Gasteiger partial charge in [-0.2, -0.15) is 5.26 Å². The lowest BCUT2D eigenvalue weighted by Crippen LogP contribution is -2.31. The molecule has 23 heavy (non-hydrogen) atoms. The summed E-state index contributed by atoms with van der Waals surface area (Å²) >= 11 is 12.0. The SMILES string of the molecule is CN(Cc1ccc(Cl)cc1Cl)C(=O)COc1ccccc1C#N. The first-order valence-electron chi connectivity index (χ1n) is 6.81. The number of carbonyl (C=O) groups is 1. The van der Waals surface area contributed by atoms with Crippen LogP contribution in [0.25, 0.3) is 0 Å². The molecule has 0 spiro atoms. The zero-order valence-corrected chi connectivity index (χ0v) is 13.9. The third-order valence-electron chi connectivity index (χ3n) is 3.21. The number of nitrogens with zero attached hydrogens (tertiary/aromatic N) is 2. The normalized spacial score (nSPS) is 10.0. The Bertz CT molecular complexity index is 756. The number of para-hydroxylation sites is 1. The fourth-order valence-electron chi connectivity index (χ4n) is 1.93. The third kappa shape index (κ3) is 4.62. The first-order valence-corrected chi connectivity index (χ1v) is 7.56. The fraction of sp³-hybridized carbons (Fsp3) is 0.176. The first kappa shape index (κ1) is 17.1. The van der Waals surface area contributed by atoms with E-state index in [1.807, 2.05) is 6.07 Å². The van der Waals surface area contributed by atoms with Crippen LogP contribution in [0.5, 0.6) is 5.75 Å². The minimum absolute atomic E-state index is 0.152. The molecule has 2 aromatic rings. The molecule has 0 unspecified atom stereocenters. The van der Waals surface area contributed by atoms with E-state index in [1.54, 1.807) is 49.5 Å². The highest BCUT2D eigenvalue weighted by Gasteiger charge is 2.13. The summed E-state index contributed by atoms with van der Waals surface area (Å²) < 4.78 is 5.43. The topological polar surface area (TPSA) is 53.3 Å². The summed E-state index contributed by atoms with van der Waals surface area (Å²) in [4.78, 5) is 13.7. The average Bonchev–Trinajstić information content (AvgIpc) is 2.55. The number of benzene rings is 2. The number of likely N-dealkylation sites (N-methyl/N-ethyl adjacent to an activating group) is 1. The van der Waals surface area contributed by atoms with Crippen molar-refractivity contribution in [2.24, 2.45) is 0 Å². The Morgan fingerprint density at radius 2 is 2.00 bits per heavy atom. The van der Waals surface area contributed by atoms with Gasteiger partial charge in [0.05, 0.1) is 5.56 Å². The van der Waals surface area contributed by atoms with Gasteiger partial charge in [0.25, 0.3) is 5.91 Å². The molecule has 1 amide bonds. The minimum atomic E-state index is -0.219. The van der Waals surface area contributed by atoms with Crippen molar-refractivity contribution in [2.45, 2.75) is 6.54 Å². The Morgan fingerprint density at radius 1 is 1.26 bits per heavy atom. The quantitative estimate of drug-likeness (QED) is 0.823. The molecular weight excluding hydrogens is 335 g/mol. The van der Waals surface area contributed by atoms with E-state index in [9.17, 15) is 4.79 Å². The Kier molecular flexibility index (Phi) is 5.86. The number of hydrogen-bond acceptors (Lipinski definition) is 3. The molecule has 0 N–H and O–H groups in total. The molecule has 0 aliphatic carbocycles. The molecule has 2 rings (SSSR count). The highest BCUT2D eigenvalue weighted by molar-refractivity contribution is 6.35. The summed E-state index contributed by atoms with van der Waals surface area (Å²) in [6.07, 6.45) is 0. The van der Waals surface area contributed by atoms with Crippen molar-refractivity contribution in [3.63, 3.8) is 0 Å². The Morgan fingerprint density at radius 3 is 2.70 bits per heavy atom. The van der Waals surface area contributed by atoms with Gasteiger partial charge in [-0.1, -0.05) is 41.4 Å². The van der Waals surface area contributed by atoms with Crippen LogP contribution in [0.1, 0.15) is 11.1 Å². The number of rotatable bonds is 5. The molecule has 0 radical (unpaired) electrons. The number of ether oxygens (including phenoxy) is 1. The third-order valence-corrected chi connectivity index (χ3v) is 3.79. The van der Waals surface area contributed by atoms with E-state index in [0.717, 1.165) is 5.56 Å². The van der Waals surface area contributed by atoms with E-state index in [1.165, 1.54) is 4.90 Å². The molecule has 0 fully saturated rings. The summed E-state index contributed by atoms with van der Waals surface area (Å²) in [5, 5.41) is 10.0. The number of hydrogen-bond donors (Lipinski definition) is 0. The molecule has 2 aromatic carbocycles. The average molecular weight is 349 g/mol. The van der Waals surface area contributed by atoms with Gasteiger partial charge in [-0.05, 0) is 29.8 Å². The predicted molar refractivity (Wildman–Crippen MR) is 89.6 cm³/mol. The first-order chi connectivity index (χ1) is 11.0. The molecule has 118 valence electrons. The maximum absolute atomic E-state index is 12.1. The number of halogens is 2. The summed E-state index contributed by atoms with van der Waals surface area (Å²) in [7, 11) is 1.66. The lowest BCUT2D eigenvalue weighted by Gasteiger charge is -2.18. The highest BCUT2D eigenvalue weighted by atomic mass is 35.5. The van der Waals surface area contributed by atoms with E-state index in [0.29, 0.717) is 27.9 Å². The molecule has 0 aromatic heterocycles. The van der Waals surface area contributed by atoms with Crippen LogP contribution in [-0.4, -0.2) is 24.5 Å². The van der Waals surface area contributed by atoms with Crippen molar-refractivity contribution >= 4 is 29.1 Å². The second kappa shape index (κ2) is 7.87. The van der Waals surface area contributed by atoms with Crippen LogP contribution < -0.4 is 4.74 Å². The van der Waals surface area contributed by atoms with Crippen LogP contribution >= 0.6 is 23.2 Å². The maximum Gasteiger partial charge on any atom is 0.260 e. The molecule has 0 saturated carbocycles. The van der Waals surface area contributed by atoms with Gasteiger partial charge in [-0.3, -0.25) is 4.79 Å². The van der Waals surface area contributed by atoms with Crippen molar-refractivity contribution in [1.29, 1.82) is 5.26 Å². The van der Waals surface area contributed by atoms with Gasteiger partial charge in [0.1, 0.15) is 11.8 Å². The van der Waals surface area contributed by atoms with Crippen LogP contribution in [0.4, 0.5) is 0 Å². The Hall–Kier alpha value is -2.22. The van der Waals surface area contributed by atoms with Gasteiger partial charge in [-0.15, -0.1) is 0 Å². The van der Waals surface area contributed by atoms with Gasteiger partial charge in [-0.25, -0.2) is 0 Å². The zero-order valence-electron chi connectivity index (χ0n) is 12.4. The number of carbonyl (C=O) groups excluding carboxylic acids is 1. The van der Waals surface area contributed by atoms with E-state index in [2.05, 4.69) is 0 Å². The van der Waals surface area contributed by atoms with Crippen LogP contribution in [0, 0.1) is 11.3 Å². The zero-order chi connectivity index (χ0) is 16.8. The fourth-order valence-corrected chi connectivity index (χ4v) is 2.40. The summed E-state index contributed by atoms with van der Waals surface area (Å²) in [6.45, 7) is 0.193. The van der Waals surface area contributed by atoms with Crippen LogP contribution in [0.3, 0.4) is 0 Å². The van der Waals surface area contributed by atoms with Gasteiger partial charge in [0, 0.05) is 23.6 Å². The molecule has 0 bridgehead atoms. The van der Waals surface area contributed by atoms with Gasteiger partial charge in [0.2, 0.25) is 0 Å². The van der Waals surface area contributed by atoms with Crippen molar-refractivity contribution in [2.75, 3.05) is 13.7 Å². The van der Waals surface area contributed by atoms with Crippen molar-refractivity contribution in [1.82, 2.24) is 4.90 Å². The lowest BCUT2D eigenvalue weighted by molar-refractivity contribution is -0.132. The van der Waals surface area contributed by atoms with Gasteiger partial charge in [0.15, 0.2) is 6.61 Å². The second-order valence-corrected chi connectivity index (χ2v) is 5.73. The molecule has 0 aliphatic rings. The van der Waals surface area contributed by atoms with Crippen molar-refractivity contribution in [3.8, 4) is 11.8 Å². The Labute approximate surface area is 144 Å². The smallest absolute Gasteiger partial charge is 0.260 e. The lowest BCUT2D eigenvalue weighted by atomic mass is 10.2. The summed E-state index contributed by atoms with van der Waals surface area (Å²) in [6, 6.07) is 13.9. The van der Waals surface area contributed by atoms with Crippen molar-refractivity contribution < 1.29 is 9.53 Å². The molecule has 0 saturated heterocycles. The van der Waals surface area contributed by atoms with Crippen LogP contribution in [0.2, 0.25) is 10.0 Å². The van der Waals surface area contributed by atoms with Crippen LogP contribution in [-0.2, 0) is 11.3 Å². The monoisotopic (exact) mass is 348 g/mol. The molecule has 6 heteroatoms. The van der Waals surface area contributed by atoms with E-state index >= 15 is 0 Å². The van der Waals surface area contributed by atoms with E-state index < -0.39 is 0 Å². The standard InChI is InChI=1S/C17H14Cl2N2O2/c1-21(10-13-6-7-14(18)8-15(13)19)17(22)11-23-16-5-3-2-4-12(16)9-20/h2-8H,10-11H2,1H3. The van der Waals surface area contributed by atoms with E-state index in [4.69, 9.17) is 33.2 Å². The minimum Gasteiger partial charge on any atom is -0.482 e. The summed E-state index contributed by atoms with van der Waals surface area (Å²) in [5.74, 6) is 0.171. The number of amides is 1. The van der Waals surface area contributed by atoms with E-state index in [-0.39, 0.29) is 12.5 Å². The maximum atomic E-state index is 12.1. The number of nitriles is 1. The predicted octanol–water partition coefficient (Wildman–Crippen LogP) is 3.90. The molecule has 0 heterocycles. The summed E-state index contributed by atoms with van der Waals surface area (Å²) in [5.41, 5.74) is 1.19. The van der Waals surface area contributed by atoms with Gasteiger partial charge >= 0.3 is 0 Å². The van der Waals surface area contributed by atoms with Gasteiger partial charge < -0.3 is 9.64 Å². The molecule has 0 aliphatic heterocycles. The van der Waals surface area contributed by atoms with Crippen LogP contribution in [0.15, 0.2) is 42.5 Å². The molecule has 0 atom stereocenters. The highest BCUT2D eigenvalue weighted by Crippen LogP contribution is 2.22. The largest absolute Gasteiger partial charge is 0.482 e. The molecule has 4 nitrogen and oxygen atoms in total. The Balaban J connectivity index is 1.96. The van der Waals surface area contributed by atoms with Crippen molar-refractivity contribution in [3.05, 3.63) is 63.6 Å². The molecular formula is C17H14Cl2N2O2.